The number of aliphatic hydroxyl groups is 1. The highest BCUT2D eigenvalue weighted by molar-refractivity contribution is 5.78. The number of carbonyl (C=O) groups is 1. The van der Waals surface area contributed by atoms with Crippen LogP contribution in [0.4, 0.5) is 30.8 Å². The van der Waals surface area contributed by atoms with Gasteiger partial charge in [-0.15, -0.1) is 0 Å². The van der Waals surface area contributed by atoms with Crippen LogP contribution in [-0.2, 0) is 4.79 Å². The van der Waals surface area contributed by atoms with E-state index in [1.807, 2.05) is 0 Å². The van der Waals surface area contributed by atoms with Gasteiger partial charge < -0.3 is 21.5 Å². The van der Waals surface area contributed by atoms with E-state index in [9.17, 15) is 23.1 Å². The second-order valence-electron chi connectivity index (χ2n) is 9.29. The van der Waals surface area contributed by atoms with Gasteiger partial charge in [0, 0.05) is 30.1 Å². The molecule has 2 aliphatic rings. The van der Waals surface area contributed by atoms with Crippen LogP contribution in [0.25, 0.3) is 11.2 Å². The Bertz CT molecular complexity index is 1240. The van der Waals surface area contributed by atoms with Crippen molar-refractivity contribution in [1.82, 2.24) is 19.5 Å². The molecule has 9 nitrogen and oxygen atoms in total. The molecule has 0 bridgehead atoms. The third-order valence-corrected chi connectivity index (χ3v) is 6.88. The third-order valence-electron chi connectivity index (χ3n) is 6.88. The van der Waals surface area contributed by atoms with Gasteiger partial charge in [0.1, 0.15) is 17.0 Å². The number of imidazole rings is 1. The van der Waals surface area contributed by atoms with E-state index in [2.05, 4.69) is 25.6 Å². The number of anilines is 3. The number of hydrogen-bond donors (Lipinski definition) is 4. The van der Waals surface area contributed by atoms with E-state index in [4.69, 9.17) is 5.73 Å². The summed E-state index contributed by atoms with van der Waals surface area (Å²) in [5.74, 6) is -3.30. The Labute approximate surface area is 199 Å². The molecule has 5 N–H and O–H groups in total. The predicted molar refractivity (Wildman–Crippen MR) is 122 cm³/mol. The van der Waals surface area contributed by atoms with Gasteiger partial charge in [0.25, 0.3) is 0 Å². The first-order chi connectivity index (χ1) is 16.8. The number of carbonyl (C=O) groups excluding carboxylic acids is 1. The fourth-order valence-corrected chi connectivity index (χ4v) is 5.06. The van der Waals surface area contributed by atoms with Gasteiger partial charge in [0.2, 0.25) is 17.8 Å². The highest BCUT2D eigenvalue weighted by Gasteiger charge is 2.30. The molecule has 1 amide bonds. The molecule has 2 saturated carbocycles. The summed E-state index contributed by atoms with van der Waals surface area (Å²) in [7, 11) is 0. The third kappa shape index (κ3) is 4.75. The summed E-state index contributed by atoms with van der Waals surface area (Å²) in [5.41, 5.74) is 5.81. The number of aliphatic hydroxyl groups excluding tert-OH is 1. The fraction of sp³-hybridized carbons (Fsp3) is 0.478. The summed E-state index contributed by atoms with van der Waals surface area (Å²) in [4.78, 5) is 25.0. The van der Waals surface area contributed by atoms with Gasteiger partial charge in [-0.25, -0.2) is 23.1 Å². The molecule has 5 rings (SSSR count). The maximum absolute atomic E-state index is 14.4. The first kappa shape index (κ1) is 23.3. The van der Waals surface area contributed by atoms with Crippen molar-refractivity contribution in [2.75, 3.05) is 10.6 Å². The normalized spacial score (nSPS) is 24.6. The molecule has 0 saturated heterocycles. The summed E-state index contributed by atoms with van der Waals surface area (Å²) in [6.07, 6.45) is 5.53. The average Bonchev–Trinajstić information content (AvgIpc) is 3.38. The van der Waals surface area contributed by atoms with Gasteiger partial charge in [-0.2, -0.15) is 4.98 Å². The van der Waals surface area contributed by atoms with Gasteiger partial charge in [-0.05, 0) is 44.9 Å². The van der Waals surface area contributed by atoms with Crippen molar-refractivity contribution in [3.8, 4) is 0 Å². The summed E-state index contributed by atoms with van der Waals surface area (Å²) in [6, 6.07) is 1.05. The van der Waals surface area contributed by atoms with E-state index in [0.717, 1.165) is 6.42 Å². The number of fused-ring (bicyclic) bond motifs is 1. The number of hydrogen-bond acceptors (Lipinski definition) is 7. The van der Waals surface area contributed by atoms with Gasteiger partial charge in [0.15, 0.2) is 17.3 Å². The molecule has 2 atom stereocenters. The second-order valence-corrected chi connectivity index (χ2v) is 9.29. The summed E-state index contributed by atoms with van der Waals surface area (Å²) < 4.78 is 44.0. The number of nitrogens with one attached hydrogen (secondary N) is 2. The molecule has 2 aromatic heterocycles. The van der Waals surface area contributed by atoms with Crippen LogP contribution < -0.4 is 16.4 Å². The lowest BCUT2D eigenvalue weighted by Gasteiger charge is -2.29. The number of amides is 1. The molecule has 1 unspecified atom stereocenters. The average molecular weight is 490 g/mol. The predicted octanol–water partition coefficient (Wildman–Crippen LogP) is 3.53. The maximum atomic E-state index is 14.4. The van der Waals surface area contributed by atoms with E-state index >= 15 is 0 Å². The van der Waals surface area contributed by atoms with Gasteiger partial charge in [-0.3, -0.25) is 9.36 Å². The van der Waals surface area contributed by atoms with Crippen LogP contribution in [0.3, 0.4) is 0 Å². The van der Waals surface area contributed by atoms with Crippen molar-refractivity contribution in [2.24, 2.45) is 11.7 Å². The van der Waals surface area contributed by atoms with Crippen molar-refractivity contribution in [3.05, 3.63) is 35.8 Å². The first-order valence-electron chi connectivity index (χ1n) is 11.7. The number of primary amides is 1. The molecular formula is C23H26F3N7O2. The zero-order chi connectivity index (χ0) is 24.7. The molecule has 2 aliphatic carbocycles. The lowest BCUT2D eigenvalue weighted by Crippen LogP contribution is -2.29. The minimum absolute atomic E-state index is 0.0322. The maximum Gasteiger partial charge on any atom is 0.224 e. The number of aromatic nitrogens is 4. The van der Waals surface area contributed by atoms with Crippen molar-refractivity contribution < 1.29 is 23.1 Å². The molecule has 35 heavy (non-hydrogen) atoms. The highest BCUT2D eigenvalue weighted by Crippen LogP contribution is 2.37. The molecular weight excluding hydrogens is 463 g/mol. The standard InChI is InChI=1S/C23H26F3N7O2/c24-12-7-16(25)19(17(26)8-12)31-23-30-18-10-28-22(29-13-3-6-15(34)9-13)32-21(18)33(23)14-4-1-11(2-5-14)20(27)35/h7-8,10-11,13-15,34H,1-6,9H2,(H2,27,35)(H,30,31)(H,28,29,32)/t11?,13-,14?,15?/m1/s1. The second kappa shape index (κ2) is 9.33. The molecule has 2 fully saturated rings. The minimum atomic E-state index is -1.09. The molecule has 2 heterocycles. The Morgan fingerprint density at radius 3 is 2.40 bits per heavy atom. The SMILES string of the molecule is NC(=O)C1CCC(n2c(Nc3c(F)cc(F)cc3F)nc3cnc(N[C@@H]4CCC(O)C4)nc32)CC1. The van der Waals surface area contributed by atoms with Gasteiger partial charge in [0.05, 0.1) is 12.3 Å². The quantitative estimate of drug-likeness (QED) is 0.417. The Morgan fingerprint density at radius 2 is 1.77 bits per heavy atom. The van der Waals surface area contributed by atoms with E-state index in [1.165, 1.54) is 6.20 Å². The van der Waals surface area contributed by atoms with E-state index in [-0.39, 0.29) is 36.0 Å². The largest absolute Gasteiger partial charge is 0.393 e. The summed E-state index contributed by atoms with van der Waals surface area (Å²) >= 11 is 0. The molecule has 0 radical (unpaired) electrons. The Hall–Kier alpha value is -3.41. The van der Waals surface area contributed by atoms with Crippen LogP contribution >= 0.6 is 0 Å². The number of rotatable bonds is 6. The summed E-state index contributed by atoms with van der Waals surface area (Å²) in [6.45, 7) is 0. The number of nitrogens with two attached hydrogens (primary N) is 1. The van der Waals surface area contributed by atoms with Crippen molar-refractivity contribution in [2.45, 2.75) is 63.1 Å². The molecule has 1 aromatic carbocycles. The van der Waals surface area contributed by atoms with E-state index < -0.39 is 23.1 Å². The van der Waals surface area contributed by atoms with Crippen LogP contribution in [0.5, 0.6) is 0 Å². The van der Waals surface area contributed by atoms with Crippen molar-refractivity contribution in [1.29, 1.82) is 0 Å². The Balaban J connectivity index is 1.52. The molecule has 3 aromatic rings. The number of benzene rings is 1. The van der Waals surface area contributed by atoms with Crippen LogP contribution in [-0.4, -0.2) is 42.7 Å². The van der Waals surface area contributed by atoms with E-state index in [1.54, 1.807) is 4.57 Å². The molecule has 0 aliphatic heterocycles. The fourth-order valence-electron chi connectivity index (χ4n) is 5.06. The zero-order valence-electron chi connectivity index (χ0n) is 18.8. The van der Waals surface area contributed by atoms with Crippen LogP contribution in [0.1, 0.15) is 51.0 Å². The molecule has 0 spiro atoms. The lowest BCUT2D eigenvalue weighted by atomic mass is 9.85. The number of nitrogens with zero attached hydrogens (tertiary/aromatic N) is 4. The van der Waals surface area contributed by atoms with Crippen LogP contribution in [0.2, 0.25) is 0 Å². The van der Waals surface area contributed by atoms with Crippen LogP contribution in [0.15, 0.2) is 18.3 Å². The lowest BCUT2D eigenvalue weighted by molar-refractivity contribution is -0.122. The topological polar surface area (TPSA) is 131 Å². The zero-order valence-corrected chi connectivity index (χ0v) is 18.8. The Kier molecular flexibility index (Phi) is 6.22. The van der Waals surface area contributed by atoms with Gasteiger partial charge >= 0.3 is 0 Å². The number of halogens is 3. The van der Waals surface area contributed by atoms with Crippen molar-refractivity contribution >= 4 is 34.7 Å². The summed E-state index contributed by atoms with van der Waals surface area (Å²) in [5, 5.41) is 15.7. The Morgan fingerprint density at radius 1 is 1.06 bits per heavy atom. The highest BCUT2D eigenvalue weighted by atomic mass is 19.1. The molecule has 12 heteroatoms. The minimum Gasteiger partial charge on any atom is -0.393 e. The smallest absolute Gasteiger partial charge is 0.224 e. The molecule has 186 valence electrons. The van der Waals surface area contributed by atoms with Gasteiger partial charge in [-0.1, -0.05) is 0 Å². The first-order valence-corrected chi connectivity index (χ1v) is 11.7. The van der Waals surface area contributed by atoms with Crippen molar-refractivity contribution in [3.63, 3.8) is 0 Å². The van der Waals surface area contributed by atoms with E-state index in [0.29, 0.717) is 67.8 Å². The monoisotopic (exact) mass is 489 g/mol. The van der Waals surface area contributed by atoms with Crippen LogP contribution in [0, 0.1) is 23.4 Å².